The van der Waals surface area contributed by atoms with Crippen molar-refractivity contribution in [1.29, 1.82) is 0 Å². The van der Waals surface area contributed by atoms with Gasteiger partial charge < -0.3 is 8.98 Å². The molecule has 3 heterocycles. The van der Waals surface area contributed by atoms with E-state index in [1.54, 1.807) is 0 Å². The van der Waals surface area contributed by atoms with E-state index < -0.39 is 0 Å². The highest BCUT2D eigenvalue weighted by Gasteiger charge is 2.23. The van der Waals surface area contributed by atoms with E-state index in [4.69, 9.17) is 19.4 Å². The molecule has 11 aromatic rings. The fourth-order valence-corrected chi connectivity index (χ4v) is 7.91. The molecule has 5 nitrogen and oxygen atoms in total. The summed E-state index contributed by atoms with van der Waals surface area (Å²) in [7, 11) is 0. The molecule has 252 valence electrons. The van der Waals surface area contributed by atoms with Crippen LogP contribution in [0, 0.1) is 0 Å². The van der Waals surface area contributed by atoms with Crippen molar-refractivity contribution in [2.75, 3.05) is 0 Å². The number of aromatic nitrogens is 4. The van der Waals surface area contributed by atoms with Gasteiger partial charge >= 0.3 is 0 Å². The van der Waals surface area contributed by atoms with Gasteiger partial charge in [-0.3, -0.25) is 0 Å². The maximum atomic E-state index is 7.05. The van der Waals surface area contributed by atoms with Crippen LogP contribution in [0.25, 0.3) is 105 Å². The molecule has 11 rings (SSSR count). The first kappa shape index (κ1) is 30.3. The Morgan fingerprint density at radius 1 is 0.389 bits per heavy atom. The molecule has 0 N–H and O–H groups in total. The van der Waals surface area contributed by atoms with Crippen molar-refractivity contribution in [2.45, 2.75) is 0 Å². The zero-order valence-corrected chi connectivity index (χ0v) is 29.0. The molecule has 5 heteroatoms. The molecule has 8 aromatic carbocycles. The normalized spacial score (nSPS) is 11.7. The maximum absolute atomic E-state index is 7.05. The summed E-state index contributed by atoms with van der Waals surface area (Å²) >= 11 is 0. The Balaban J connectivity index is 1.24. The summed E-state index contributed by atoms with van der Waals surface area (Å²) in [5.74, 6) is 1.81. The van der Waals surface area contributed by atoms with Crippen molar-refractivity contribution in [3.63, 3.8) is 0 Å². The molecule has 0 aliphatic carbocycles. The fourth-order valence-electron chi connectivity index (χ4n) is 7.91. The topological polar surface area (TPSA) is 56.7 Å². The van der Waals surface area contributed by atoms with Crippen LogP contribution in [0.4, 0.5) is 0 Å². The summed E-state index contributed by atoms with van der Waals surface area (Å²) in [5.41, 5.74) is 9.62. The molecule has 0 amide bonds. The van der Waals surface area contributed by atoms with Gasteiger partial charge in [0.25, 0.3) is 0 Å². The van der Waals surface area contributed by atoms with Crippen molar-refractivity contribution < 1.29 is 4.42 Å². The molecule has 3 aromatic heterocycles. The zero-order chi connectivity index (χ0) is 35.6. The van der Waals surface area contributed by atoms with Gasteiger partial charge in [-0.05, 0) is 58.3 Å². The average Bonchev–Trinajstić information content (AvgIpc) is 3.80. The van der Waals surface area contributed by atoms with Crippen LogP contribution in [-0.4, -0.2) is 19.5 Å². The lowest BCUT2D eigenvalue weighted by Gasteiger charge is -2.11. The van der Waals surface area contributed by atoms with Crippen LogP contribution in [0.15, 0.2) is 186 Å². The molecule has 0 saturated heterocycles. The number of rotatable bonds is 5. The maximum Gasteiger partial charge on any atom is 0.164 e. The van der Waals surface area contributed by atoms with Gasteiger partial charge in [-0.25, -0.2) is 15.0 Å². The van der Waals surface area contributed by atoms with Gasteiger partial charge in [-0.2, -0.15) is 0 Å². The van der Waals surface area contributed by atoms with Crippen molar-refractivity contribution in [2.24, 2.45) is 0 Å². The van der Waals surface area contributed by atoms with E-state index >= 15 is 0 Å². The smallest absolute Gasteiger partial charge is 0.164 e. The van der Waals surface area contributed by atoms with E-state index in [2.05, 4.69) is 126 Å². The average molecular weight is 691 g/mol. The summed E-state index contributed by atoms with van der Waals surface area (Å²) < 4.78 is 9.38. The SMILES string of the molecule is c1ccc(-c2nc(-c3ccccc3)nc(-c3cc(-c4ccc5ccccc5c4)cc4oc5c(-n6c7ccccc7c7ccccc76)cccc5c34)n2)cc1. The highest BCUT2D eigenvalue weighted by molar-refractivity contribution is 6.16. The molecule has 0 radical (unpaired) electrons. The quantitative estimate of drug-likeness (QED) is 0.180. The van der Waals surface area contributed by atoms with Crippen molar-refractivity contribution in [3.8, 4) is 51.0 Å². The highest BCUT2D eigenvalue weighted by Crippen LogP contribution is 2.43. The number of hydrogen-bond acceptors (Lipinski definition) is 4. The predicted molar refractivity (Wildman–Crippen MR) is 221 cm³/mol. The molecule has 0 fully saturated rings. The van der Waals surface area contributed by atoms with Crippen molar-refractivity contribution >= 4 is 54.5 Å². The molecular formula is C49H30N4O. The third-order valence-electron chi connectivity index (χ3n) is 10.4. The minimum absolute atomic E-state index is 0.584. The van der Waals surface area contributed by atoms with Crippen LogP contribution in [-0.2, 0) is 0 Å². The van der Waals surface area contributed by atoms with Gasteiger partial charge in [0.2, 0.25) is 0 Å². The third kappa shape index (κ3) is 4.83. The second-order valence-electron chi connectivity index (χ2n) is 13.6. The summed E-state index contributed by atoms with van der Waals surface area (Å²) in [5, 5.41) is 6.72. The van der Waals surface area contributed by atoms with E-state index in [-0.39, 0.29) is 0 Å². The predicted octanol–water partition coefficient (Wildman–Crippen LogP) is 12.7. The number of hydrogen-bond donors (Lipinski definition) is 0. The Hall–Kier alpha value is -7.37. The lowest BCUT2D eigenvalue weighted by molar-refractivity contribution is 0.666. The highest BCUT2D eigenvalue weighted by atomic mass is 16.3. The van der Waals surface area contributed by atoms with Gasteiger partial charge in [-0.1, -0.05) is 146 Å². The van der Waals surface area contributed by atoms with E-state index in [9.17, 15) is 0 Å². The summed E-state index contributed by atoms with van der Waals surface area (Å²) in [4.78, 5) is 15.4. The van der Waals surface area contributed by atoms with E-state index in [0.717, 1.165) is 66.5 Å². The molecule has 0 aliphatic heterocycles. The zero-order valence-electron chi connectivity index (χ0n) is 29.0. The number of nitrogens with zero attached hydrogens (tertiary/aromatic N) is 4. The molecule has 0 saturated carbocycles. The molecule has 0 aliphatic rings. The van der Waals surface area contributed by atoms with Crippen LogP contribution >= 0.6 is 0 Å². The Kier molecular flexibility index (Phi) is 6.79. The first-order valence-corrected chi connectivity index (χ1v) is 18.1. The molecule has 54 heavy (non-hydrogen) atoms. The van der Waals surface area contributed by atoms with Gasteiger partial charge in [0, 0.05) is 38.2 Å². The third-order valence-corrected chi connectivity index (χ3v) is 10.4. The Morgan fingerprint density at radius 2 is 0.963 bits per heavy atom. The van der Waals surface area contributed by atoms with Gasteiger partial charge in [0.05, 0.1) is 16.7 Å². The minimum Gasteiger partial charge on any atom is -0.454 e. The molecular weight excluding hydrogens is 661 g/mol. The molecule has 0 atom stereocenters. The van der Waals surface area contributed by atoms with E-state index in [1.807, 2.05) is 60.7 Å². The number of furan rings is 1. The molecule has 0 spiro atoms. The van der Waals surface area contributed by atoms with Gasteiger partial charge in [-0.15, -0.1) is 0 Å². The van der Waals surface area contributed by atoms with Gasteiger partial charge in [0.15, 0.2) is 23.1 Å². The second kappa shape index (κ2) is 12.1. The van der Waals surface area contributed by atoms with Crippen molar-refractivity contribution in [1.82, 2.24) is 19.5 Å². The fraction of sp³-hybridized carbons (Fsp3) is 0. The first-order valence-electron chi connectivity index (χ1n) is 18.1. The van der Waals surface area contributed by atoms with Crippen molar-refractivity contribution in [3.05, 3.63) is 182 Å². The van der Waals surface area contributed by atoms with E-state index in [0.29, 0.717) is 17.5 Å². The molecule has 0 unspecified atom stereocenters. The van der Waals surface area contributed by atoms with Crippen LogP contribution in [0.5, 0.6) is 0 Å². The summed E-state index contributed by atoms with van der Waals surface area (Å²) in [6.45, 7) is 0. The largest absolute Gasteiger partial charge is 0.454 e. The van der Waals surface area contributed by atoms with Crippen LogP contribution in [0.2, 0.25) is 0 Å². The summed E-state index contributed by atoms with van der Waals surface area (Å²) in [6.07, 6.45) is 0. The lowest BCUT2D eigenvalue weighted by atomic mass is 9.96. The lowest BCUT2D eigenvalue weighted by Crippen LogP contribution is -2.00. The minimum atomic E-state index is 0.584. The van der Waals surface area contributed by atoms with Crippen LogP contribution < -0.4 is 0 Å². The monoisotopic (exact) mass is 690 g/mol. The Morgan fingerprint density at radius 3 is 1.65 bits per heavy atom. The van der Waals surface area contributed by atoms with E-state index in [1.165, 1.54) is 21.5 Å². The first-order chi connectivity index (χ1) is 26.8. The summed E-state index contributed by atoms with van der Waals surface area (Å²) in [6, 6.07) is 63.2. The number of para-hydroxylation sites is 3. The number of benzene rings is 8. The molecule has 0 bridgehead atoms. The van der Waals surface area contributed by atoms with Crippen LogP contribution in [0.1, 0.15) is 0 Å². The Bertz CT molecular complexity index is 3110. The van der Waals surface area contributed by atoms with Crippen LogP contribution in [0.3, 0.4) is 0 Å². The Labute approximate surface area is 310 Å². The number of fused-ring (bicyclic) bond motifs is 7. The van der Waals surface area contributed by atoms with Gasteiger partial charge in [0.1, 0.15) is 5.58 Å². The second-order valence-corrected chi connectivity index (χ2v) is 13.6. The standard InChI is InChI=1S/C49H30N4O/c1-3-15-32(16-4-1)47-50-48(33-17-5-2-6-18-33)52-49(51-47)40-29-36(35-27-26-31-14-7-8-19-34(31)28-35)30-44-45(40)39-22-13-25-43(46(39)54-44)53-41-23-11-9-20-37(41)38-21-10-12-24-42(38)53/h1-30H.